The number of aromatic nitrogens is 1. The van der Waals surface area contributed by atoms with Gasteiger partial charge in [0.1, 0.15) is 5.69 Å². The van der Waals surface area contributed by atoms with Crippen molar-refractivity contribution in [3.8, 4) is 0 Å². The van der Waals surface area contributed by atoms with E-state index in [-0.39, 0.29) is 0 Å². The minimum atomic E-state index is -0.984. The van der Waals surface area contributed by atoms with Crippen LogP contribution in [0.2, 0.25) is 10.0 Å². The molecular weight excluding hydrogens is 305 g/mol. The number of halogens is 3. The van der Waals surface area contributed by atoms with Gasteiger partial charge in [0.25, 0.3) is 0 Å². The maximum absolute atomic E-state index is 6.02. The van der Waals surface area contributed by atoms with E-state index in [1.165, 1.54) is 20.4 Å². The summed E-state index contributed by atoms with van der Waals surface area (Å²) in [5.41, 5.74) is 0.496. The van der Waals surface area contributed by atoms with E-state index < -0.39 is 5.79 Å². The predicted octanol–water partition coefficient (Wildman–Crippen LogP) is 3.23. The molecular formula is C9H10BrCl2NO2. The molecule has 3 nitrogen and oxygen atoms in total. The molecule has 0 bridgehead atoms. The van der Waals surface area contributed by atoms with Crippen LogP contribution < -0.4 is 0 Å². The molecule has 1 aromatic rings. The highest BCUT2D eigenvalue weighted by Crippen LogP contribution is 2.32. The molecule has 0 fully saturated rings. The molecule has 0 radical (unpaired) electrons. The fraction of sp³-hybridized carbons (Fsp3) is 0.444. The molecule has 0 saturated heterocycles. The number of pyridine rings is 1. The van der Waals surface area contributed by atoms with Crippen LogP contribution in [-0.2, 0) is 15.3 Å². The standard InChI is InChI=1S/C9H10BrCl2NO2/c1-14-9(5-10,15-2)8-7(12)3-6(11)4-13-8/h3-4H,5H2,1-2H3. The summed E-state index contributed by atoms with van der Waals surface area (Å²) in [6.07, 6.45) is 1.50. The highest BCUT2D eigenvalue weighted by Gasteiger charge is 2.34. The maximum Gasteiger partial charge on any atom is 0.223 e. The Morgan fingerprint density at radius 2 is 2.00 bits per heavy atom. The van der Waals surface area contributed by atoms with Gasteiger partial charge in [-0.2, -0.15) is 0 Å². The normalized spacial score (nSPS) is 11.8. The van der Waals surface area contributed by atoms with Crippen LogP contribution in [0.1, 0.15) is 5.69 Å². The molecule has 0 aromatic carbocycles. The highest BCUT2D eigenvalue weighted by atomic mass is 79.9. The van der Waals surface area contributed by atoms with Crippen molar-refractivity contribution in [2.24, 2.45) is 0 Å². The van der Waals surface area contributed by atoms with Gasteiger partial charge in [0.2, 0.25) is 5.79 Å². The monoisotopic (exact) mass is 313 g/mol. The summed E-state index contributed by atoms with van der Waals surface area (Å²) in [5, 5.41) is 1.30. The minimum absolute atomic E-state index is 0.408. The summed E-state index contributed by atoms with van der Waals surface area (Å²) < 4.78 is 10.6. The van der Waals surface area contributed by atoms with Gasteiger partial charge in [-0.05, 0) is 6.07 Å². The van der Waals surface area contributed by atoms with Gasteiger partial charge in [-0.15, -0.1) is 0 Å². The Morgan fingerprint density at radius 1 is 1.40 bits per heavy atom. The third-order valence-electron chi connectivity index (χ3n) is 2.00. The molecule has 15 heavy (non-hydrogen) atoms. The summed E-state index contributed by atoms with van der Waals surface area (Å²) in [7, 11) is 3.05. The Hall–Kier alpha value is 0.130. The van der Waals surface area contributed by atoms with Crippen LogP contribution in [-0.4, -0.2) is 24.5 Å². The van der Waals surface area contributed by atoms with Crippen LogP contribution in [0.4, 0.5) is 0 Å². The molecule has 0 atom stereocenters. The van der Waals surface area contributed by atoms with Gasteiger partial charge in [0.15, 0.2) is 0 Å². The van der Waals surface area contributed by atoms with Gasteiger partial charge in [-0.1, -0.05) is 39.1 Å². The second kappa shape index (κ2) is 5.46. The van der Waals surface area contributed by atoms with Crippen LogP contribution >= 0.6 is 39.1 Å². The van der Waals surface area contributed by atoms with Gasteiger partial charge in [-0.25, -0.2) is 0 Å². The molecule has 0 spiro atoms. The molecule has 0 aliphatic heterocycles. The van der Waals surface area contributed by atoms with E-state index in [4.69, 9.17) is 32.7 Å². The second-order valence-corrected chi connectivity index (χ2v) is 4.18. The van der Waals surface area contributed by atoms with E-state index in [1.54, 1.807) is 6.07 Å². The topological polar surface area (TPSA) is 31.4 Å². The number of ether oxygens (including phenoxy) is 2. The van der Waals surface area contributed by atoms with Gasteiger partial charge >= 0.3 is 0 Å². The highest BCUT2D eigenvalue weighted by molar-refractivity contribution is 9.09. The average Bonchev–Trinajstić information content (AvgIpc) is 2.23. The summed E-state index contributed by atoms with van der Waals surface area (Å²) in [6, 6.07) is 1.60. The van der Waals surface area contributed by atoms with Gasteiger partial charge < -0.3 is 9.47 Å². The first-order valence-electron chi connectivity index (χ1n) is 4.07. The number of alkyl halides is 1. The van der Waals surface area contributed by atoms with Crippen LogP contribution in [0, 0.1) is 0 Å². The van der Waals surface area contributed by atoms with Crippen molar-refractivity contribution >= 4 is 39.1 Å². The molecule has 0 amide bonds. The maximum atomic E-state index is 6.02. The zero-order valence-corrected chi connectivity index (χ0v) is 11.4. The Balaban J connectivity index is 3.22. The van der Waals surface area contributed by atoms with Crippen LogP contribution in [0.3, 0.4) is 0 Å². The number of rotatable bonds is 4. The Bertz CT molecular complexity index is 337. The molecule has 1 rings (SSSR count). The Kier molecular flexibility index (Phi) is 4.80. The molecule has 0 N–H and O–H groups in total. The van der Waals surface area contributed by atoms with Crippen molar-refractivity contribution in [1.29, 1.82) is 0 Å². The van der Waals surface area contributed by atoms with Gasteiger partial charge in [0.05, 0.1) is 15.4 Å². The molecule has 0 aliphatic rings. The molecule has 1 aromatic heterocycles. The zero-order valence-electron chi connectivity index (χ0n) is 8.26. The summed E-state index contributed by atoms with van der Waals surface area (Å²) in [6.45, 7) is 0. The second-order valence-electron chi connectivity index (χ2n) is 2.78. The van der Waals surface area contributed by atoms with Crippen molar-refractivity contribution in [1.82, 2.24) is 4.98 Å². The lowest BCUT2D eigenvalue weighted by atomic mass is 10.2. The van der Waals surface area contributed by atoms with E-state index in [9.17, 15) is 0 Å². The predicted molar refractivity (Wildman–Crippen MR) is 63.7 cm³/mol. The van der Waals surface area contributed by atoms with Gasteiger partial charge in [0, 0.05) is 20.4 Å². The summed E-state index contributed by atoms with van der Waals surface area (Å²) in [5.74, 6) is -0.984. The fourth-order valence-corrected chi connectivity index (χ4v) is 2.39. The Labute approximate surface area is 107 Å². The van der Waals surface area contributed by atoms with Crippen molar-refractivity contribution in [2.45, 2.75) is 5.79 Å². The number of hydrogen-bond donors (Lipinski definition) is 0. The third kappa shape index (κ3) is 2.63. The van der Waals surface area contributed by atoms with E-state index in [0.717, 1.165) is 0 Å². The smallest absolute Gasteiger partial charge is 0.223 e. The minimum Gasteiger partial charge on any atom is -0.347 e. The van der Waals surface area contributed by atoms with E-state index >= 15 is 0 Å². The van der Waals surface area contributed by atoms with E-state index in [2.05, 4.69) is 20.9 Å². The summed E-state index contributed by atoms with van der Waals surface area (Å²) in [4.78, 5) is 4.12. The quantitative estimate of drug-likeness (QED) is 0.631. The first kappa shape index (κ1) is 13.2. The van der Waals surface area contributed by atoms with Crippen LogP contribution in [0.15, 0.2) is 12.3 Å². The van der Waals surface area contributed by atoms with Crippen LogP contribution in [0.5, 0.6) is 0 Å². The van der Waals surface area contributed by atoms with Crippen molar-refractivity contribution in [3.63, 3.8) is 0 Å². The average molecular weight is 315 g/mol. The van der Waals surface area contributed by atoms with E-state index in [1.807, 2.05) is 0 Å². The fourth-order valence-electron chi connectivity index (χ4n) is 1.14. The molecule has 0 aliphatic carbocycles. The van der Waals surface area contributed by atoms with E-state index in [0.29, 0.717) is 21.1 Å². The van der Waals surface area contributed by atoms with Crippen molar-refractivity contribution in [2.75, 3.05) is 19.5 Å². The zero-order chi connectivity index (χ0) is 11.5. The lowest BCUT2D eigenvalue weighted by Crippen LogP contribution is -2.34. The third-order valence-corrected chi connectivity index (χ3v) is 3.24. The number of hydrogen-bond acceptors (Lipinski definition) is 3. The van der Waals surface area contributed by atoms with Crippen LogP contribution in [0.25, 0.3) is 0 Å². The Morgan fingerprint density at radius 3 is 2.40 bits per heavy atom. The molecule has 0 unspecified atom stereocenters. The first-order chi connectivity index (χ1) is 7.09. The number of nitrogens with zero attached hydrogens (tertiary/aromatic N) is 1. The van der Waals surface area contributed by atoms with Gasteiger partial charge in [-0.3, -0.25) is 4.98 Å². The SMILES string of the molecule is COC(CBr)(OC)c1ncc(Cl)cc1Cl. The number of methoxy groups -OCH3 is 2. The largest absolute Gasteiger partial charge is 0.347 e. The molecule has 0 saturated carbocycles. The lowest BCUT2D eigenvalue weighted by molar-refractivity contribution is -0.199. The van der Waals surface area contributed by atoms with Crippen molar-refractivity contribution < 1.29 is 9.47 Å². The molecule has 6 heteroatoms. The molecule has 1 heterocycles. The molecule has 84 valence electrons. The summed E-state index contributed by atoms with van der Waals surface area (Å²) >= 11 is 15.1. The van der Waals surface area contributed by atoms with Crippen molar-refractivity contribution in [3.05, 3.63) is 28.0 Å². The first-order valence-corrected chi connectivity index (χ1v) is 5.95. The lowest BCUT2D eigenvalue weighted by Gasteiger charge is -2.28.